The molecular weight excluding hydrogens is 378 g/mol. The van der Waals surface area contributed by atoms with Crippen molar-refractivity contribution in [1.29, 1.82) is 0 Å². The zero-order chi connectivity index (χ0) is 18.6. The van der Waals surface area contributed by atoms with E-state index in [-0.39, 0.29) is 35.7 Å². The smallest absolute Gasteiger partial charge is 0.246 e. The fourth-order valence-electron chi connectivity index (χ4n) is 3.22. The van der Waals surface area contributed by atoms with Crippen molar-refractivity contribution in [2.45, 2.75) is 31.6 Å². The number of carbonyl (C=O) groups excluding carboxylic acids is 1. The summed E-state index contributed by atoms with van der Waals surface area (Å²) in [7, 11) is -2.26. The van der Waals surface area contributed by atoms with Gasteiger partial charge < -0.3 is 15.8 Å². The van der Waals surface area contributed by atoms with Crippen molar-refractivity contribution >= 4 is 28.3 Å². The Morgan fingerprint density at radius 3 is 2.69 bits per heavy atom. The van der Waals surface area contributed by atoms with E-state index in [1.165, 1.54) is 11.4 Å². The highest BCUT2D eigenvalue weighted by Gasteiger charge is 2.35. The number of nitrogens with two attached hydrogens (primary N) is 1. The first-order chi connectivity index (χ1) is 11.8. The summed E-state index contributed by atoms with van der Waals surface area (Å²) in [4.78, 5) is 12.3. The van der Waals surface area contributed by atoms with E-state index in [2.05, 4.69) is 5.32 Å². The first kappa shape index (κ1) is 22.7. The fraction of sp³-hybridized carbons (Fsp3) is 0.588. The molecule has 26 heavy (non-hydrogen) atoms. The Kier molecular flexibility index (Phi) is 8.33. The number of sulfonamides is 1. The Morgan fingerprint density at radius 2 is 2.08 bits per heavy atom. The van der Waals surface area contributed by atoms with Crippen molar-refractivity contribution in [2.75, 3.05) is 33.3 Å². The molecule has 1 atom stereocenters. The van der Waals surface area contributed by atoms with Gasteiger partial charge in [0.15, 0.2) is 0 Å². The number of carbonyl (C=O) groups is 1. The van der Waals surface area contributed by atoms with Crippen LogP contribution in [0.3, 0.4) is 0 Å². The topological polar surface area (TPSA) is 102 Å². The molecule has 0 aliphatic carbocycles. The molecule has 0 saturated carbocycles. The van der Waals surface area contributed by atoms with Crippen molar-refractivity contribution in [2.24, 2.45) is 11.7 Å². The lowest BCUT2D eigenvalue weighted by Crippen LogP contribution is -2.46. The van der Waals surface area contributed by atoms with Crippen LogP contribution in [0.1, 0.15) is 24.0 Å². The molecule has 0 radical (unpaired) electrons. The number of aryl methyl sites for hydroxylation is 2. The predicted molar refractivity (Wildman–Crippen MR) is 103 cm³/mol. The third-order valence-electron chi connectivity index (χ3n) is 4.41. The highest BCUT2D eigenvalue weighted by Crippen LogP contribution is 2.33. The molecule has 1 aliphatic heterocycles. The van der Waals surface area contributed by atoms with E-state index >= 15 is 0 Å². The highest BCUT2D eigenvalue weighted by atomic mass is 35.5. The van der Waals surface area contributed by atoms with E-state index in [1.54, 1.807) is 6.07 Å². The second-order valence-electron chi connectivity index (χ2n) is 6.40. The molecule has 1 heterocycles. The van der Waals surface area contributed by atoms with E-state index in [0.29, 0.717) is 38.2 Å². The van der Waals surface area contributed by atoms with Crippen molar-refractivity contribution in [1.82, 2.24) is 9.62 Å². The van der Waals surface area contributed by atoms with Crippen LogP contribution >= 0.6 is 12.4 Å². The molecule has 9 heteroatoms. The van der Waals surface area contributed by atoms with E-state index in [0.717, 1.165) is 11.1 Å². The summed E-state index contributed by atoms with van der Waals surface area (Å²) in [5, 5.41) is 2.74. The highest BCUT2D eigenvalue weighted by molar-refractivity contribution is 7.89. The normalized spacial score (nSPS) is 18.1. The number of halogens is 1. The molecule has 0 aromatic heterocycles. The molecule has 0 spiro atoms. The minimum Gasteiger partial charge on any atom is -0.495 e. The molecule has 3 N–H and O–H groups in total. The van der Waals surface area contributed by atoms with Gasteiger partial charge in [0.1, 0.15) is 10.6 Å². The van der Waals surface area contributed by atoms with Gasteiger partial charge in [-0.15, -0.1) is 12.4 Å². The monoisotopic (exact) mass is 405 g/mol. The minimum atomic E-state index is -3.73. The SMILES string of the molecule is COc1c(C)cc(C)cc1S(=O)(=O)N1CCCC(C(=O)NCCN)C1.Cl. The molecule has 1 aromatic rings. The summed E-state index contributed by atoms with van der Waals surface area (Å²) in [6.07, 6.45) is 1.32. The number of hydrogen-bond donors (Lipinski definition) is 2. The van der Waals surface area contributed by atoms with Crippen LogP contribution in [-0.4, -0.2) is 51.9 Å². The van der Waals surface area contributed by atoms with Gasteiger partial charge in [-0.05, 0) is 43.9 Å². The molecule has 1 aromatic carbocycles. The van der Waals surface area contributed by atoms with Crippen LogP contribution in [0.5, 0.6) is 5.75 Å². The Hall–Kier alpha value is -1.35. The van der Waals surface area contributed by atoms with Crippen LogP contribution in [0.4, 0.5) is 0 Å². The molecule has 148 valence electrons. The van der Waals surface area contributed by atoms with Crippen molar-refractivity contribution in [3.05, 3.63) is 23.3 Å². The van der Waals surface area contributed by atoms with Crippen LogP contribution < -0.4 is 15.8 Å². The van der Waals surface area contributed by atoms with Crippen LogP contribution in [0.25, 0.3) is 0 Å². The Bertz CT molecular complexity index is 740. The van der Waals surface area contributed by atoms with Crippen molar-refractivity contribution in [3.63, 3.8) is 0 Å². The maximum Gasteiger partial charge on any atom is 0.246 e. The molecule has 1 unspecified atom stereocenters. The number of rotatable bonds is 6. The Labute approximate surface area is 161 Å². The maximum absolute atomic E-state index is 13.1. The summed E-state index contributed by atoms with van der Waals surface area (Å²) in [6.45, 7) is 5.01. The lowest BCUT2D eigenvalue weighted by atomic mass is 9.99. The third kappa shape index (κ3) is 4.88. The summed E-state index contributed by atoms with van der Waals surface area (Å²) in [5.74, 6) is -0.134. The largest absolute Gasteiger partial charge is 0.495 e. The van der Waals surface area contributed by atoms with E-state index < -0.39 is 10.0 Å². The van der Waals surface area contributed by atoms with Crippen molar-refractivity contribution < 1.29 is 17.9 Å². The number of methoxy groups -OCH3 is 1. The maximum atomic E-state index is 13.1. The lowest BCUT2D eigenvalue weighted by Gasteiger charge is -2.31. The average molecular weight is 406 g/mol. The molecule has 1 amide bonds. The molecule has 7 nitrogen and oxygen atoms in total. The van der Waals surface area contributed by atoms with Gasteiger partial charge in [-0.25, -0.2) is 8.42 Å². The van der Waals surface area contributed by atoms with E-state index in [4.69, 9.17) is 10.5 Å². The Morgan fingerprint density at radius 1 is 1.38 bits per heavy atom. The number of benzene rings is 1. The van der Waals surface area contributed by atoms with Crippen LogP contribution in [0.2, 0.25) is 0 Å². The molecule has 2 rings (SSSR count). The number of hydrogen-bond acceptors (Lipinski definition) is 5. The lowest BCUT2D eigenvalue weighted by molar-refractivity contribution is -0.126. The van der Waals surface area contributed by atoms with Gasteiger partial charge in [-0.3, -0.25) is 4.79 Å². The quantitative estimate of drug-likeness (QED) is 0.740. The molecule has 1 aliphatic rings. The summed E-state index contributed by atoms with van der Waals surface area (Å²) in [6, 6.07) is 3.51. The number of nitrogens with zero attached hydrogens (tertiary/aromatic N) is 1. The fourth-order valence-corrected chi connectivity index (χ4v) is 5.06. The summed E-state index contributed by atoms with van der Waals surface area (Å²) in [5.41, 5.74) is 7.03. The van der Waals surface area contributed by atoms with Crippen LogP contribution in [0, 0.1) is 19.8 Å². The van der Waals surface area contributed by atoms with Crippen molar-refractivity contribution in [3.8, 4) is 5.75 Å². The third-order valence-corrected chi connectivity index (χ3v) is 6.28. The zero-order valence-electron chi connectivity index (χ0n) is 15.4. The summed E-state index contributed by atoms with van der Waals surface area (Å²) < 4.78 is 33.0. The van der Waals surface area contributed by atoms with Crippen LogP contribution in [-0.2, 0) is 14.8 Å². The summed E-state index contributed by atoms with van der Waals surface area (Å²) >= 11 is 0. The second kappa shape index (κ2) is 9.55. The molecule has 1 fully saturated rings. The molecular formula is C17H28ClN3O4S. The first-order valence-corrected chi connectivity index (χ1v) is 9.88. The number of piperidine rings is 1. The Balaban J connectivity index is 0.00000338. The average Bonchev–Trinajstić information content (AvgIpc) is 2.59. The number of ether oxygens (including phenoxy) is 1. The number of nitrogens with one attached hydrogen (secondary N) is 1. The van der Waals surface area contributed by atoms with E-state index in [1.807, 2.05) is 19.9 Å². The zero-order valence-corrected chi connectivity index (χ0v) is 17.1. The molecule has 1 saturated heterocycles. The van der Waals surface area contributed by atoms with Gasteiger partial charge in [0.05, 0.1) is 13.0 Å². The second-order valence-corrected chi connectivity index (χ2v) is 8.30. The van der Waals surface area contributed by atoms with Gasteiger partial charge >= 0.3 is 0 Å². The van der Waals surface area contributed by atoms with Gasteiger partial charge in [-0.2, -0.15) is 4.31 Å². The van der Waals surface area contributed by atoms with Gasteiger partial charge in [0, 0.05) is 26.2 Å². The van der Waals surface area contributed by atoms with Crippen LogP contribution in [0.15, 0.2) is 17.0 Å². The van der Waals surface area contributed by atoms with Gasteiger partial charge in [0.2, 0.25) is 15.9 Å². The first-order valence-electron chi connectivity index (χ1n) is 8.44. The van der Waals surface area contributed by atoms with Gasteiger partial charge in [-0.1, -0.05) is 6.07 Å². The predicted octanol–water partition coefficient (Wildman–Crippen LogP) is 1.21. The number of amides is 1. The molecule has 0 bridgehead atoms. The van der Waals surface area contributed by atoms with E-state index in [9.17, 15) is 13.2 Å². The minimum absolute atomic E-state index is 0. The standard InChI is InChI=1S/C17H27N3O4S.ClH/c1-12-9-13(2)16(24-3)15(10-12)25(22,23)20-8-4-5-14(11-20)17(21)19-7-6-18;/h9-10,14H,4-8,11,18H2,1-3H3,(H,19,21);1H. The van der Waals surface area contributed by atoms with Gasteiger partial charge in [0.25, 0.3) is 0 Å².